The van der Waals surface area contributed by atoms with Gasteiger partial charge in [0.2, 0.25) is 0 Å². The van der Waals surface area contributed by atoms with Crippen molar-refractivity contribution < 1.29 is 34.8 Å². The zero-order valence-electron chi connectivity index (χ0n) is 23.3. The molecule has 220 valence electrons. The quantitative estimate of drug-likeness (QED) is 0.125. The Morgan fingerprint density at radius 1 is 1.02 bits per heavy atom. The number of ether oxygens (including phenoxy) is 2. The Bertz CT molecular complexity index is 1200. The van der Waals surface area contributed by atoms with E-state index in [9.17, 15) is 9.90 Å². The molecule has 10 heteroatoms. The van der Waals surface area contributed by atoms with Gasteiger partial charge in [-0.15, -0.1) is 0 Å². The van der Waals surface area contributed by atoms with Gasteiger partial charge in [0, 0.05) is 22.8 Å². The Hall–Kier alpha value is -3.12. The number of anilines is 2. The zero-order chi connectivity index (χ0) is 29.0. The van der Waals surface area contributed by atoms with Crippen molar-refractivity contribution >= 4 is 29.1 Å². The number of nitrogens with zero attached hydrogens (tertiary/aromatic N) is 1. The molecule has 0 saturated heterocycles. The average Bonchev–Trinajstić information content (AvgIpc) is 2.98. The second-order valence-electron chi connectivity index (χ2n) is 9.78. The first-order chi connectivity index (χ1) is 20.0. The molecule has 0 radical (unpaired) electrons. The highest BCUT2D eigenvalue weighted by molar-refractivity contribution is 7.99. The van der Waals surface area contributed by atoms with Crippen LogP contribution in [0.25, 0.3) is 0 Å². The van der Waals surface area contributed by atoms with Gasteiger partial charge in [0.05, 0.1) is 30.3 Å². The fraction of sp³-hybridized carbons (Fsp3) is 0.387. The first kappa shape index (κ1) is 30.8. The Kier molecular flexibility index (Phi) is 11.9. The number of para-hydroxylation sites is 2. The van der Waals surface area contributed by atoms with E-state index in [0.717, 1.165) is 11.3 Å². The van der Waals surface area contributed by atoms with Gasteiger partial charge in [0.25, 0.3) is 0 Å². The van der Waals surface area contributed by atoms with E-state index in [1.807, 2.05) is 31.2 Å². The number of quaternary nitrogens is 1. The third-order valence-corrected chi connectivity index (χ3v) is 7.93. The SMILES string of the molecule is CCOC(Cc1ccc(OCCN2c3ccccc3Sc3ccccc32)cc1)C([O-])O[NH2+]CCCCC(N)C(=O)O. The summed E-state index contributed by atoms with van der Waals surface area (Å²) in [5.41, 5.74) is 10.3. The molecule has 1 heterocycles. The molecule has 9 nitrogen and oxygen atoms in total. The van der Waals surface area contributed by atoms with Crippen LogP contribution in [0.4, 0.5) is 11.4 Å². The third kappa shape index (κ3) is 8.93. The molecule has 0 aliphatic carbocycles. The summed E-state index contributed by atoms with van der Waals surface area (Å²) in [6, 6.07) is 23.7. The maximum absolute atomic E-state index is 12.7. The molecular weight excluding hydrogens is 542 g/mol. The van der Waals surface area contributed by atoms with Crippen molar-refractivity contribution in [1.29, 1.82) is 0 Å². The number of hydroxylamine groups is 1. The van der Waals surface area contributed by atoms with Crippen LogP contribution in [0.15, 0.2) is 82.6 Å². The highest BCUT2D eigenvalue weighted by atomic mass is 32.2. The van der Waals surface area contributed by atoms with Crippen molar-refractivity contribution in [2.45, 2.75) is 60.8 Å². The number of carboxylic acids is 1. The lowest BCUT2D eigenvalue weighted by Crippen LogP contribution is -2.86. The number of carbonyl (C=O) groups is 1. The van der Waals surface area contributed by atoms with E-state index in [0.29, 0.717) is 52.0 Å². The first-order valence-corrected chi connectivity index (χ1v) is 14.9. The number of hydrogen-bond acceptors (Lipinski definition) is 8. The molecule has 1 aliphatic rings. The number of rotatable bonds is 17. The van der Waals surface area contributed by atoms with Gasteiger partial charge in [-0.05, 0) is 68.1 Å². The molecule has 0 amide bonds. The van der Waals surface area contributed by atoms with E-state index in [1.54, 1.807) is 11.8 Å². The largest absolute Gasteiger partial charge is 0.825 e. The van der Waals surface area contributed by atoms with Crippen LogP contribution in [-0.2, 0) is 20.8 Å². The molecule has 1 aliphatic heterocycles. The first-order valence-electron chi connectivity index (χ1n) is 14.0. The minimum Gasteiger partial charge on any atom is -0.825 e. The van der Waals surface area contributed by atoms with Crippen LogP contribution in [-0.4, -0.2) is 55.8 Å². The van der Waals surface area contributed by atoms with Crippen LogP contribution >= 0.6 is 11.8 Å². The van der Waals surface area contributed by atoms with Gasteiger partial charge in [0.15, 0.2) is 0 Å². The molecule has 0 spiro atoms. The topological polar surface area (TPSA) is 134 Å². The summed E-state index contributed by atoms with van der Waals surface area (Å²) in [7, 11) is 0. The molecule has 41 heavy (non-hydrogen) atoms. The normalized spacial score (nSPS) is 14.6. The van der Waals surface area contributed by atoms with Crippen LogP contribution in [0, 0.1) is 0 Å². The number of unbranched alkanes of at least 4 members (excludes halogenated alkanes) is 1. The van der Waals surface area contributed by atoms with E-state index < -0.39 is 24.4 Å². The minimum absolute atomic E-state index is 0.393. The standard InChI is InChI=1S/C31H38N3O6S/c1-2-38-27(31(37)40-33-18-8-7-9-24(32)30(35)36)21-22-14-16-23(17-15-22)39-20-19-34-25-10-3-5-12-28(25)41-29-13-6-4-11-26(29)34/h3-6,10-17,24,27,31,33H,2,7-9,18-21,32H2,1H3,(H,35,36)/q-1/p+1. The average molecular weight is 582 g/mol. The van der Waals surface area contributed by atoms with Gasteiger partial charge >= 0.3 is 5.97 Å². The Balaban J connectivity index is 1.23. The predicted octanol–water partition coefficient (Wildman–Crippen LogP) is 3.08. The van der Waals surface area contributed by atoms with Crippen molar-refractivity contribution in [3.8, 4) is 5.75 Å². The zero-order valence-corrected chi connectivity index (χ0v) is 24.1. The number of benzene rings is 3. The summed E-state index contributed by atoms with van der Waals surface area (Å²) in [6.07, 6.45) is 0.163. The molecular formula is C31H39N3O6S. The predicted molar refractivity (Wildman–Crippen MR) is 156 cm³/mol. The second-order valence-corrected chi connectivity index (χ2v) is 10.9. The number of nitrogens with two attached hydrogens (primary N) is 2. The molecule has 0 saturated carbocycles. The molecule has 4 rings (SSSR count). The van der Waals surface area contributed by atoms with E-state index in [2.05, 4.69) is 53.4 Å². The van der Waals surface area contributed by atoms with Gasteiger partial charge in [-0.2, -0.15) is 0 Å². The minimum atomic E-state index is -1.36. The fourth-order valence-corrected chi connectivity index (χ4v) is 5.74. The number of aliphatic carboxylic acids is 1. The molecule has 5 N–H and O–H groups in total. The van der Waals surface area contributed by atoms with Gasteiger partial charge in [-0.25, -0.2) is 10.3 Å². The van der Waals surface area contributed by atoms with Gasteiger partial charge in [-0.3, -0.25) is 4.79 Å². The van der Waals surface area contributed by atoms with Crippen LogP contribution in [0.3, 0.4) is 0 Å². The van der Waals surface area contributed by atoms with Crippen molar-refractivity contribution in [3.05, 3.63) is 78.4 Å². The van der Waals surface area contributed by atoms with Crippen LogP contribution in [0.5, 0.6) is 5.75 Å². The summed E-state index contributed by atoms with van der Waals surface area (Å²) >= 11 is 1.79. The highest BCUT2D eigenvalue weighted by Gasteiger charge is 2.22. The van der Waals surface area contributed by atoms with Crippen molar-refractivity contribution in [2.75, 3.05) is 31.2 Å². The van der Waals surface area contributed by atoms with Crippen molar-refractivity contribution in [3.63, 3.8) is 0 Å². The highest BCUT2D eigenvalue weighted by Crippen LogP contribution is 2.47. The fourth-order valence-electron chi connectivity index (χ4n) is 4.64. The Morgan fingerprint density at radius 3 is 2.32 bits per heavy atom. The van der Waals surface area contributed by atoms with Crippen LogP contribution in [0.2, 0.25) is 0 Å². The maximum Gasteiger partial charge on any atom is 0.320 e. The van der Waals surface area contributed by atoms with Gasteiger partial charge in [-0.1, -0.05) is 48.2 Å². The molecule has 3 aromatic rings. The third-order valence-electron chi connectivity index (χ3n) is 6.79. The van der Waals surface area contributed by atoms with Gasteiger partial charge in [0.1, 0.15) is 24.9 Å². The Labute approximate surface area is 245 Å². The molecule has 3 atom stereocenters. The monoisotopic (exact) mass is 581 g/mol. The number of carboxylic acid groups (broad SMARTS) is 1. The Morgan fingerprint density at radius 2 is 1.68 bits per heavy atom. The number of fused-ring (bicyclic) bond motifs is 2. The van der Waals surface area contributed by atoms with E-state index in [4.69, 9.17) is 25.2 Å². The summed E-state index contributed by atoms with van der Waals surface area (Å²) in [6.45, 7) is 4.03. The summed E-state index contributed by atoms with van der Waals surface area (Å²) < 4.78 is 11.8. The van der Waals surface area contributed by atoms with E-state index in [-0.39, 0.29) is 0 Å². The number of hydrogen-bond donors (Lipinski definition) is 3. The van der Waals surface area contributed by atoms with Crippen molar-refractivity contribution in [1.82, 2.24) is 0 Å². The van der Waals surface area contributed by atoms with Crippen LogP contribution in [0.1, 0.15) is 31.7 Å². The lowest BCUT2D eigenvalue weighted by atomic mass is 10.1. The lowest BCUT2D eigenvalue weighted by molar-refractivity contribution is -0.933. The second kappa shape index (κ2) is 15.8. The van der Waals surface area contributed by atoms with Gasteiger partial charge < -0.3 is 30.3 Å². The molecule has 3 aromatic carbocycles. The molecule has 0 aromatic heterocycles. The molecule has 3 unspecified atom stereocenters. The maximum atomic E-state index is 12.7. The summed E-state index contributed by atoms with van der Waals surface area (Å²) in [4.78, 5) is 20.9. The molecule has 0 fully saturated rings. The lowest BCUT2D eigenvalue weighted by Gasteiger charge is -2.32. The van der Waals surface area contributed by atoms with Crippen LogP contribution < -0.4 is 26.0 Å². The summed E-state index contributed by atoms with van der Waals surface area (Å²) in [5, 5.41) is 21.5. The summed E-state index contributed by atoms with van der Waals surface area (Å²) in [5.74, 6) is -0.237. The van der Waals surface area contributed by atoms with Crippen molar-refractivity contribution in [2.24, 2.45) is 5.73 Å². The van der Waals surface area contributed by atoms with E-state index >= 15 is 0 Å². The smallest absolute Gasteiger partial charge is 0.320 e. The molecule has 0 bridgehead atoms. The van der Waals surface area contributed by atoms with E-state index in [1.165, 1.54) is 26.6 Å².